The Labute approximate surface area is 164 Å². The van der Waals surface area contributed by atoms with Gasteiger partial charge in [-0.25, -0.2) is 0 Å². The van der Waals surface area contributed by atoms with E-state index in [4.69, 9.17) is 4.74 Å². The number of fused-ring (bicyclic) bond motifs is 1. The molecule has 0 N–H and O–H groups in total. The van der Waals surface area contributed by atoms with Crippen LogP contribution in [0.5, 0.6) is 5.75 Å². The second-order valence-electron chi connectivity index (χ2n) is 6.66. The highest BCUT2D eigenvalue weighted by Crippen LogP contribution is 2.35. The number of alkyl halides is 3. The third-order valence-electron chi connectivity index (χ3n) is 4.64. The average Bonchev–Trinajstić information content (AvgIpc) is 2.78. The first kappa shape index (κ1) is 19.7. The highest BCUT2D eigenvalue weighted by Gasteiger charge is 2.43. The van der Waals surface area contributed by atoms with Crippen molar-refractivity contribution in [2.45, 2.75) is 32.0 Å². The van der Waals surface area contributed by atoms with Crippen molar-refractivity contribution < 1.29 is 22.7 Å². The van der Waals surface area contributed by atoms with Crippen molar-refractivity contribution >= 4 is 21.8 Å². The van der Waals surface area contributed by atoms with Gasteiger partial charge in [-0.05, 0) is 57.1 Å². The Hall–Kier alpha value is -2.02. The molecule has 0 aliphatic carbocycles. The van der Waals surface area contributed by atoms with E-state index in [9.17, 15) is 18.0 Å². The number of nitrogens with zero attached hydrogens (tertiary/aromatic N) is 1. The zero-order valence-corrected chi connectivity index (χ0v) is 16.3. The standard InChI is InChI=1S/C20H19BrF3NO2/c1-13-11-25(19(26)20(22,23)24)8-7-15-9-18(17(21)10-16(13)15)27-12-14-5-3-2-4-6-14/h2-6,9-10,13H,7-8,11-12H2,1H3. The van der Waals surface area contributed by atoms with Gasteiger partial charge in [-0.1, -0.05) is 37.3 Å². The Morgan fingerprint density at radius 3 is 2.63 bits per heavy atom. The molecule has 0 fully saturated rings. The maximum atomic E-state index is 12.8. The molecule has 2 aromatic rings. The molecule has 144 valence electrons. The molecule has 0 saturated heterocycles. The van der Waals surface area contributed by atoms with Crippen LogP contribution in [0.25, 0.3) is 0 Å². The van der Waals surface area contributed by atoms with Gasteiger partial charge < -0.3 is 9.64 Å². The van der Waals surface area contributed by atoms with Gasteiger partial charge in [0.25, 0.3) is 0 Å². The van der Waals surface area contributed by atoms with Crippen molar-refractivity contribution in [1.82, 2.24) is 4.90 Å². The predicted molar refractivity (Wildman–Crippen MR) is 99.7 cm³/mol. The largest absolute Gasteiger partial charge is 0.488 e. The highest BCUT2D eigenvalue weighted by molar-refractivity contribution is 9.10. The second-order valence-corrected chi connectivity index (χ2v) is 7.51. The van der Waals surface area contributed by atoms with E-state index >= 15 is 0 Å². The summed E-state index contributed by atoms with van der Waals surface area (Å²) in [6.07, 6.45) is -4.49. The quantitative estimate of drug-likeness (QED) is 0.664. The molecule has 1 atom stereocenters. The summed E-state index contributed by atoms with van der Waals surface area (Å²) in [5.41, 5.74) is 2.87. The van der Waals surface area contributed by atoms with Crippen molar-refractivity contribution in [3.8, 4) is 5.75 Å². The Morgan fingerprint density at radius 2 is 1.96 bits per heavy atom. The van der Waals surface area contributed by atoms with E-state index in [1.165, 1.54) is 0 Å². The molecule has 0 saturated carbocycles. The smallest absolute Gasteiger partial charge is 0.471 e. The Balaban J connectivity index is 1.79. The van der Waals surface area contributed by atoms with Crippen LogP contribution >= 0.6 is 15.9 Å². The van der Waals surface area contributed by atoms with E-state index in [2.05, 4.69) is 15.9 Å². The second kappa shape index (κ2) is 7.92. The van der Waals surface area contributed by atoms with Crippen LogP contribution in [-0.4, -0.2) is 30.1 Å². The molecule has 3 nitrogen and oxygen atoms in total. The summed E-state index contributed by atoms with van der Waals surface area (Å²) >= 11 is 3.49. The molecule has 1 amide bonds. The van der Waals surface area contributed by atoms with Crippen LogP contribution in [0, 0.1) is 0 Å². The fraction of sp³-hybridized carbons (Fsp3) is 0.350. The SMILES string of the molecule is CC1CN(C(=O)C(F)(F)F)CCc2cc(OCc3ccccc3)c(Br)cc21. The molecule has 7 heteroatoms. The summed E-state index contributed by atoms with van der Waals surface area (Å²) in [4.78, 5) is 12.5. The van der Waals surface area contributed by atoms with Crippen LogP contribution in [-0.2, 0) is 17.8 Å². The number of carbonyl (C=O) groups is 1. The van der Waals surface area contributed by atoms with Crippen molar-refractivity contribution in [3.63, 3.8) is 0 Å². The van der Waals surface area contributed by atoms with Gasteiger partial charge in [0.2, 0.25) is 0 Å². The minimum Gasteiger partial charge on any atom is -0.488 e. The summed E-state index contributed by atoms with van der Waals surface area (Å²) in [6, 6.07) is 13.5. The van der Waals surface area contributed by atoms with Crippen molar-refractivity contribution in [1.29, 1.82) is 0 Å². The first-order valence-electron chi connectivity index (χ1n) is 8.61. The number of hydrogen-bond acceptors (Lipinski definition) is 2. The van der Waals surface area contributed by atoms with Gasteiger partial charge in [0, 0.05) is 13.1 Å². The average molecular weight is 442 g/mol. The third-order valence-corrected chi connectivity index (χ3v) is 5.26. The van der Waals surface area contributed by atoms with E-state index < -0.39 is 12.1 Å². The maximum Gasteiger partial charge on any atom is 0.471 e. The van der Waals surface area contributed by atoms with Crippen LogP contribution in [0.3, 0.4) is 0 Å². The summed E-state index contributed by atoms with van der Waals surface area (Å²) < 4.78 is 45.0. The van der Waals surface area contributed by atoms with E-state index in [0.29, 0.717) is 18.8 Å². The van der Waals surface area contributed by atoms with Gasteiger partial charge in [0.1, 0.15) is 12.4 Å². The maximum absolute atomic E-state index is 12.8. The zero-order valence-electron chi connectivity index (χ0n) is 14.7. The minimum absolute atomic E-state index is 0.0371. The minimum atomic E-state index is -4.85. The number of rotatable bonds is 3. The lowest BCUT2D eigenvalue weighted by atomic mass is 9.95. The van der Waals surface area contributed by atoms with Gasteiger partial charge >= 0.3 is 12.1 Å². The summed E-state index contributed by atoms with van der Waals surface area (Å²) in [7, 11) is 0. The fourth-order valence-corrected chi connectivity index (χ4v) is 3.75. The molecule has 0 radical (unpaired) electrons. The molecule has 3 rings (SSSR count). The summed E-state index contributed by atoms with van der Waals surface area (Å²) in [6.45, 7) is 2.31. The summed E-state index contributed by atoms with van der Waals surface area (Å²) in [5, 5.41) is 0. The van der Waals surface area contributed by atoms with Gasteiger partial charge in [-0.3, -0.25) is 4.79 Å². The molecule has 2 aromatic carbocycles. The number of benzene rings is 2. The Bertz CT molecular complexity index is 824. The Morgan fingerprint density at radius 1 is 1.26 bits per heavy atom. The van der Waals surface area contributed by atoms with Crippen LogP contribution in [0.15, 0.2) is 46.9 Å². The van der Waals surface area contributed by atoms with E-state index in [-0.39, 0.29) is 19.0 Å². The van der Waals surface area contributed by atoms with Crippen LogP contribution < -0.4 is 4.74 Å². The highest BCUT2D eigenvalue weighted by atomic mass is 79.9. The lowest BCUT2D eigenvalue weighted by molar-refractivity contribution is -0.185. The van der Waals surface area contributed by atoms with Crippen LogP contribution in [0.2, 0.25) is 0 Å². The molecule has 1 heterocycles. The van der Waals surface area contributed by atoms with Gasteiger partial charge in [0.15, 0.2) is 0 Å². The predicted octanol–water partition coefficient (Wildman–Crippen LogP) is 5.08. The summed E-state index contributed by atoms with van der Waals surface area (Å²) in [5.74, 6) is -1.34. The van der Waals surface area contributed by atoms with Crippen LogP contribution in [0.1, 0.15) is 29.5 Å². The van der Waals surface area contributed by atoms with Gasteiger partial charge in [0.05, 0.1) is 4.47 Å². The fourth-order valence-electron chi connectivity index (χ4n) is 3.27. The molecular formula is C20H19BrF3NO2. The van der Waals surface area contributed by atoms with Crippen molar-refractivity contribution in [3.05, 3.63) is 63.6 Å². The number of ether oxygens (including phenoxy) is 1. The normalized spacial score (nSPS) is 17.2. The lowest BCUT2D eigenvalue weighted by Gasteiger charge is -2.24. The molecule has 1 unspecified atom stereocenters. The lowest BCUT2D eigenvalue weighted by Crippen LogP contribution is -2.42. The molecule has 0 bridgehead atoms. The van der Waals surface area contributed by atoms with Gasteiger partial charge in [-0.15, -0.1) is 0 Å². The third kappa shape index (κ3) is 4.64. The van der Waals surface area contributed by atoms with E-state index in [0.717, 1.165) is 26.1 Å². The number of halogens is 4. The first-order chi connectivity index (χ1) is 12.8. The Kier molecular flexibility index (Phi) is 5.79. The number of amides is 1. The van der Waals surface area contributed by atoms with E-state index in [1.54, 1.807) is 0 Å². The van der Waals surface area contributed by atoms with Crippen molar-refractivity contribution in [2.75, 3.05) is 13.1 Å². The monoisotopic (exact) mass is 441 g/mol. The molecule has 1 aliphatic rings. The molecule has 0 spiro atoms. The number of hydrogen-bond donors (Lipinski definition) is 0. The van der Waals surface area contributed by atoms with E-state index in [1.807, 2.05) is 49.4 Å². The molecule has 0 aromatic heterocycles. The molecular weight excluding hydrogens is 423 g/mol. The first-order valence-corrected chi connectivity index (χ1v) is 9.40. The van der Waals surface area contributed by atoms with Crippen molar-refractivity contribution in [2.24, 2.45) is 0 Å². The molecule has 27 heavy (non-hydrogen) atoms. The van der Waals surface area contributed by atoms with Crippen LogP contribution in [0.4, 0.5) is 13.2 Å². The number of carbonyl (C=O) groups excluding carboxylic acids is 1. The zero-order chi connectivity index (χ0) is 19.6. The molecule has 1 aliphatic heterocycles. The van der Waals surface area contributed by atoms with Gasteiger partial charge in [-0.2, -0.15) is 13.2 Å². The topological polar surface area (TPSA) is 29.5 Å².